The van der Waals surface area contributed by atoms with Crippen molar-refractivity contribution in [2.45, 2.75) is 31.1 Å². The summed E-state index contributed by atoms with van der Waals surface area (Å²) in [6.45, 7) is 0.916. The third kappa shape index (κ3) is 4.75. The third-order valence-corrected chi connectivity index (χ3v) is 5.67. The van der Waals surface area contributed by atoms with E-state index in [1.807, 2.05) is 12.1 Å². The Labute approximate surface area is 183 Å². The van der Waals surface area contributed by atoms with Gasteiger partial charge in [0.25, 0.3) is 0 Å². The van der Waals surface area contributed by atoms with Gasteiger partial charge in [-0.05, 0) is 48.4 Å². The highest BCUT2D eigenvalue weighted by Gasteiger charge is 2.38. The number of nitrogens with zero attached hydrogens (tertiary/aromatic N) is 3. The SMILES string of the molecule is NC(=O)c1ccc(OCC2CC(c3ccc(Cl)cc3Cl)C(Cn3cncn3)O2)cc1. The summed E-state index contributed by atoms with van der Waals surface area (Å²) in [5.41, 5.74) is 6.69. The molecule has 2 N–H and O–H groups in total. The van der Waals surface area contributed by atoms with Gasteiger partial charge in [0.2, 0.25) is 5.91 Å². The number of amides is 1. The Morgan fingerprint density at radius 2 is 2.03 bits per heavy atom. The Morgan fingerprint density at radius 3 is 2.70 bits per heavy atom. The molecule has 30 heavy (non-hydrogen) atoms. The molecule has 1 amide bonds. The Hall–Kier alpha value is -2.61. The number of nitrogens with two attached hydrogens (primary N) is 1. The first-order valence-electron chi connectivity index (χ1n) is 9.45. The van der Waals surface area contributed by atoms with Crippen LogP contribution in [0.3, 0.4) is 0 Å². The number of aromatic nitrogens is 3. The van der Waals surface area contributed by atoms with Gasteiger partial charge in [0, 0.05) is 21.5 Å². The van der Waals surface area contributed by atoms with Crippen molar-refractivity contribution in [3.8, 4) is 5.75 Å². The molecular formula is C21H20Cl2N4O3. The molecule has 7 nitrogen and oxygen atoms in total. The number of rotatable bonds is 7. The molecule has 3 atom stereocenters. The summed E-state index contributed by atoms with van der Waals surface area (Å²) >= 11 is 12.5. The number of carbonyl (C=O) groups is 1. The minimum Gasteiger partial charge on any atom is -0.491 e. The molecule has 1 aromatic heterocycles. The summed E-state index contributed by atoms with van der Waals surface area (Å²) in [4.78, 5) is 15.2. The van der Waals surface area contributed by atoms with E-state index in [4.69, 9.17) is 38.4 Å². The van der Waals surface area contributed by atoms with E-state index in [0.29, 0.717) is 34.5 Å². The minimum absolute atomic E-state index is 0.0600. The standard InChI is InChI=1S/C21H20Cl2N4O3/c22-14-3-6-17(19(23)7-14)18-8-16(30-20(18)9-27-12-25-11-26-27)10-29-15-4-1-13(2-5-15)21(24)28/h1-7,11-12,16,18,20H,8-10H2,(H2,24,28). The predicted molar refractivity (Wildman–Crippen MR) is 113 cm³/mol. The first-order valence-corrected chi connectivity index (χ1v) is 10.2. The highest BCUT2D eigenvalue weighted by atomic mass is 35.5. The van der Waals surface area contributed by atoms with Crippen LogP contribution in [0.1, 0.15) is 28.3 Å². The van der Waals surface area contributed by atoms with E-state index in [1.54, 1.807) is 41.3 Å². The molecule has 4 rings (SSSR count). The molecule has 0 spiro atoms. The zero-order valence-corrected chi connectivity index (χ0v) is 17.5. The lowest BCUT2D eigenvalue weighted by molar-refractivity contribution is 0.00632. The van der Waals surface area contributed by atoms with Crippen LogP contribution in [0.5, 0.6) is 5.75 Å². The topological polar surface area (TPSA) is 92.3 Å². The first-order chi connectivity index (χ1) is 14.5. The van der Waals surface area contributed by atoms with Crippen molar-refractivity contribution in [2.24, 2.45) is 5.73 Å². The third-order valence-electron chi connectivity index (χ3n) is 5.10. The maximum Gasteiger partial charge on any atom is 0.248 e. The second-order valence-electron chi connectivity index (χ2n) is 7.12. The molecule has 156 valence electrons. The van der Waals surface area contributed by atoms with Gasteiger partial charge in [0.05, 0.1) is 18.8 Å². The van der Waals surface area contributed by atoms with Crippen molar-refractivity contribution in [1.29, 1.82) is 0 Å². The Balaban J connectivity index is 1.47. The summed E-state index contributed by atoms with van der Waals surface area (Å²) in [5, 5.41) is 5.39. The van der Waals surface area contributed by atoms with Gasteiger partial charge < -0.3 is 15.2 Å². The maximum absolute atomic E-state index is 11.2. The summed E-state index contributed by atoms with van der Waals surface area (Å²) in [5.74, 6) is 0.230. The van der Waals surface area contributed by atoms with Crippen LogP contribution in [0.2, 0.25) is 10.0 Å². The fourth-order valence-corrected chi connectivity index (χ4v) is 4.20. The smallest absolute Gasteiger partial charge is 0.248 e. The number of halogens is 2. The van der Waals surface area contributed by atoms with Crippen molar-refractivity contribution in [3.05, 3.63) is 76.3 Å². The van der Waals surface area contributed by atoms with E-state index >= 15 is 0 Å². The lowest BCUT2D eigenvalue weighted by Crippen LogP contribution is -2.24. The molecule has 9 heteroatoms. The molecule has 1 aliphatic rings. The van der Waals surface area contributed by atoms with Gasteiger partial charge in [0.1, 0.15) is 25.0 Å². The van der Waals surface area contributed by atoms with Gasteiger partial charge in [-0.3, -0.25) is 9.48 Å². The van der Waals surface area contributed by atoms with Crippen LogP contribution in [-0.4, -0.2) is 39.5 Å². The van der Waals surface area contributed by atoms with E-state index in [-0.39, 0.29) is 18.1 Å². The molecule has 0 bridgehead atoms. The van der Waals surface area contributed by atoms with E-state index in [2.05, 4.69) is 10.1 Å². The molecule has 1 saturated heterocycles. The number of hydrogen-bond donors (Lipinski definition) is 1. The van der Waals surface area contributed by atoms with Crippen LogP contribution < -0.4 is 10.5 Å². The molecule has 0 aliphatic carbocycles. The Kier molecular flexibility index (Phi) is 6.22. The average molecular weight is 447 g/mol. The van der Waals surface area contributed by atoms with Crippen LogP contribution >= 0.6 is 23.2 Å². The molecule has 2 aromatic carbocycles. The van der Waals surface area contributed by atoms with Crippen LogP contribution in [0.25, 0.3) is 0 Å². The van der Waals surface area contributed by atoms with E-state index < -0.39 is 5.91 Å². The lowest BCUT2D eigenvalue weighted by atomic mass is 9.91. The number of benzene rings is 2. The monoisotopic (exact) mass is 446 g/mol. The van der Waals surface area contributed by atoms with Gasteiger partial charge in [-0.15, -0.1) is 0 Å². The number of primary amides is 1. The molecule has 3 unspecified atom stereocenters. The fourth-order valence-electron chi connectivity index (χ4n) is 3.66. The highest BCUT2D eigenvalue weighted by Crippen LogP contribution is 2.40. The van der Waals surface area contributed by atoms with Gasteiger partial charge in [0.15, 0.2) is 0 Å². The fraction of sp³-hybridized carbons (Fsp3) is 0.286. The van der Waals surface area contributed by atoms with Crippen molar-refractivity contribution < 1.29 is 14.3 Å². The number of hydrogen-bond acceptors (Lipinski definition) is 5. The molecular weight excluding hydrogens is 427 g/mol. The van der Waals surface area contributed by atoms with Gasteiger partial charge in [-0.2, -0.15) is 5.10 Å². The molecule has 0 radical (unpaired) electrons. The van der Waals surface area contributed by atoms with Gasteiger partial charge >= 0.3 is 0 Å². The van der Waals surface area contributed by atoms with Crippen LogP contribution in [0.4, 0.5) is 0 Å². The predicted octanol–water partition coefficient (Wildman–Crippen LogP) is 3.70. The van der Waals surface area contributed by atoms with Crippen LogP contribution in [-0.2, 0) is 11.3 Å². The summed E-state index contributed by atoms with van der Waals surface area (Å²) in [6.07, 6.45) is 3.62. The zero-order chi connectivity index (χ0) is 21.1. The molecule has 1 aliphatic heterocycles. The first kappa shape index (κ1) is 20.7. The van der Waals surface area contributed by atoms with Crippen molar-refractivity contribution in [3.63, 3.8) is 0 Å². The molecule has 0 saturated carbocycles. The number of ether oxygens (including phenoxy) is 2. The quantitative estimate of drug-likeness (QED) is 0.596. The largest absolute Gasteiger partial charge is 0.491 e. The number of carbonyl (C=O) groups excluding carboxylic acids is 1. The second-order valence-corrected chi connectivity index (χ2v) is 7.97. The average Bonchev–Trinajstić information content (AvgIpc) is 3.37. The van der Waals surface area contributed by atoms with Crippen LogP contribution in [0.15, 0.2) is 55.1 Å². The van der Waals surface area contributed by atoms with Crippen molar-refractivity contribution in [1.82, 2.24) is 14.8 Å². The second kappa shape index (κ2) is 9.04. The normalized spacial score (nSPS) is 20.9. The zero-order valence-electron chi connectivity index (χ0n) is 15.9. The summed E-state index contributed by atoms with van der Waals surface area (Å²) in [6, 6.07) is 12.2. The van der Waals surface area contributed by atoms with Crippen molar-refractivity contribution in [2.75, 3.05) is 6.61 Å². The Bertz CT molecular complexity index is 1010. The maximum atomic E-state index is 11.2. The van der Waals surface area contributed by atoms with Gasteiger partial charge in [-0.1, -0.05) is 29.3 Å². The summed E-state index contributed by atoms with van der Waals surface area (Å²) in [7, 11) is 0. The highest BCUT2D eigenvalue weighted by molar-refractivity contribution is 6.35. The van der Waals surface area contributed by atoms with E-state index in [0.717, 1.165) is 12.0 Å². The van der Waals surface area contributed by atoms with Crippen LogP contribution in [0, 0.1) is 0 Å². The minimum atomic E-state index is -0.473. The summed E-state index contributed by atoms with van der Waals surface area (Å²) < 4.78 is 13.9. The van der Waals surface area contributed by atoms with Crippen molar-refractivity contribution >= 4 is 29.1 Å². The lowest BCUT2D eigenvalue weighted by Gasteiger charge is -2.20. The van der Waals surface area contributed by atoms with E-state index in [1.165, 1.54) is 6.33 Å². The molecule has 1 fully saturated rings. The van der Waals surface area contributed by atoms with Gasteiger partial charge in [-0.25, -0.2) is 4.98 Å². The molecule has 2 heterocycles. The molecule has 3 aromatic rings. The van der Waals surface area contributed by atoms with E-state index in [9.17, 15) is 4.79 Å². The Morgan fingerprint density at radius 1 is 1.23 bits per heavy atom.